The van der Waals surface area contributed by atoms with E-state index >= 15 is 0 Å². The molecule has 9 nitrogen and oxygen atoms in total. The fourth-order valence-electron chi connectivity index (χ4n) is 1.86. The number of nitrogens with one attached hydrogen (secondary N) is 1. The number of nitro benzene ring substituents is 1. The number of hydrogen-bond donors (Lipinski definition) is 2. The highest BCUT2D eigenvalue weighted by Crippen LogP contribution is 2.27. The predicted molar refractivity (Wildman–Crippen MR) is 72.0 cm³/mol. The normalized spacial score (nSPS) is 15.7. The van der Waals surface area contributed by atoms with E-state index < -0.39 is 29.3 Å². The number of imide groups is 1. The third-order valence-corrected chi connectivity index (χ3v) is 2.78. The minimum absolute atomic E-state index is 0.0488. The lowest BCUT2D eigenvalue weighted by atomic mass is 10.1. The van der Waals surface area contributed by atoms with E-state index in [1.165, 1.54) is 18.2 Å². The maximum Gasteiger partial charge on any atom is 0.341 e. The zero-order valence-electron chi connectivity index (χ0n) is 11.1. The van der Waals surface area contributed by atoms with Gasteiger partial charge in [0.2, 0.25) is 5.91 Å². The molecule has 9 heteroatoms. The SMILES string of the molecule is O=C(O)COc1ccc([N+](=O)[O-])c(/C=C2\CC(=O)NC2=O)c1. The van der Waals surface area contributed by atoms with Crippen molar-refractivity contribution in [1.29, 1.82) is 0 Å². The van der Waals surface area contributed by atoms with E-state index in [0.29, 0.717) is 0 Å². The van der Waals surface area contributed by atoms with Crippen molar-refractivity contribution in [3.8, 4) is 5.75 Å². The first-order valence-electron chi connectivity index (χ1n) is 6.04. The summed E-state index contributed by atoms with van der Waals surface area (Å²) in [6.07, 6.45) is 1.04. The summed E-state index contributed by atoms with van der Waals surface area (Å²) >= 11 is 0. The predicted octanol–water partition coefficient (Wildman–Crippen LogP) is 0.488. The Morgan fingerprint density at radius 1 is 1.45 bits per heavy atom. The lowest BCUT2D eigenvalue weighted by Gasteiger charge is -2.05. The van der Waals surface area contributed by atoms with Crippen LogP contribution in [0.3, 0.4) is 0 Å². The van der Waals surface area contributed by atoms with Gasteiger partial charge in [0.25, 0.3) is 11.6 Å². The summed E-state index contributed by atoms with van der Waals surface area (Å²) in [6, 6.07) is 3.63. The molecule has 0 spiro atoms. The molecule has 2 rings (SSSR count). The molecule has 1 aliphatic heterocycles. The summed E-state index contributed by atoms with van der Waals surface area (Å²) in [4.78, 5) is 43.4. The van der Waals surface area contributed by atoms with Gasteiger partial charge < -0.3 is 9.84 Å². The van der Waals surface area contributed by atoms with Crippen LogP contribution in [0.15, 0.2) is 23.8 Å². The van der Waals surface area contributed by atoms with Crippen LogP contribution in [0.2, 0.25) is 0 Å². The van der Waals surface area contributed by atoms with E-state index in [9.17, 15) is 24.5 Å². The molecule has 22 heavy (non-hydrogen) atoms. The van der Waals surface area contributed by atoms with E-state index in [0.717, 1.165) is 6.07 Å². The van der Waals surface area contributed by atoms with Gasteiger partial charge in [0.15, 0.2) is 6.61 Å². The van der Waals surface area contributed by atoms with Crippen LogP contribution < -0.4 is 10.1 Å². The lowest BCUT2D eigenvalue weighted by Crippen LogP contribution is -2.19. The lowest BCUT2D eigenvalue weighted by molar-refractivity contribution is -0.385. The Kier molecular flexibility index (Phi) is 4.16. The van der Waals surface area contributed by atoms with Crippen molar-refractivity contribution in [2.24, 2.45) is 0 Å². The van der Waals surface area contributed by atoms with E-state index in [4.69, 9.17) is 9.84 Å². The summed E-state index contributed by atoms with van der Waals surface area (Å²) in [6.45, 7) is -0.604. The molecule has 0 atom stereocenters. The van der Waals surface area contributed by atoms with Gasteiger partial charge >= 0.3 is 5.97 Å². The number of aliphatic carboxylic acids is 1. The third-order valence-electron chi connectivity index (χ3n) is 2.78. The number of carboxylic acids is 1. The smallest absolute Gasteiger partial charge is 0.341 e. The molecular weight excluding hydrogens is 296 g/mol. The van der Waals surface area contributed by atoms with Crippen molar-refractivity contribution in [2.75, 3.05) is 6.61 Å². The van der Waals surface area contributed by atoms with Crippen LogP contribution in [0.4, 0.5) is 5.69 Å². The number of hydrogen-bond acceptors (Lipinski definition) is 6. The molecule has 0 aliphatic carbocycles. The molecule has 1 saturated heterocycles. The van der Waals surface area contributed by atoms with Crippen molar-refractivity contribution in [1.82, 2.24) is 5.32 Å². The van der Waals surface area contributed by atoms with Gasteiger partial charge in [-0.25, -0.2) is 4.79 Å². The first kappa shape index (κ1) is 15.2. The summed E-state index contributed by atoms with van der Waals surface area (Å²) in [5.74, 6) is -2.20. The van der Waals surface area contributed by atoms with Gasteiger partial charge in [-0.15, -0.1) is 0 Å². The molecule has 2 amide bonds. The maximum atomic E-state index is 11.5. The standard InChI is InChI=1S/C13H10N2O7/c16-11-5-8(13(19)14-11)3-7-4-9(22-6-12(17)18)1-2-10(7)15(20)21/h1-4H,5-6H2,(H,17,18)(H,14,16,19)/b8-3+. The molecule has 114 valence electrons. The number of nitro groups is 1. The highest BCUT2D eigenvalue weighted by atomic mass is 16.6. The molecule has 1 aliphatic rings. The fraction of sp³-hybridized carbons (Fsp3) is 0.154. The minimum atomic E-state index is -1.20. The number of ether oxygens (including phenoxy) is 1. The van der Waals surface area contributed by atoms with Crippen molar-refractivity contribution < 1.29 is 29.2 Å². The van der Waals surface area contributed by atoms with Crippen LogP contribution in [0.5, 0.6) is 5.75 Å². The molecule has 0 saturated carbocycles. The topological polar surface area (TPSA) is 136 Å². The number of carbonyl (C=O) groups is 3. The molecule has 1 fully saturated rings. The van der Waals surface area contributed by atoms with E-state index in [2.05, 4.69) is 5.32 Å². The van der Waals surface area contributed by atoms with E-state index in [1.807, 2.05) is 0 Å². The minimum Gasteiger partial charge on any atom is -0.482 e. The molecule has 2 N–H and O–H groups in total. The Hall–Kier alpha value is -3.23. The Bertz CT molecular complexity index is 708. The second-order valence-corrected chi connectivity index (χ2v) is 4.38. The maximum absolute atomic E-state index is 11.5. The van der Waals surface area contributed by atoms with Crippen LogP contribution in [0.25, 0.3) is 6.08 Å². The fourth-order valence-corrected chi connectivity index (χ4v) is 1.86. The van der Waals surface area contributed by atoms with Gasteiger partial charge in [0, 0.05) is 11.6 Å². The number of carbonyl (C=O) groups excluding carboxylic acids is 2. The van der Waals surface area contributed by atoms with Crippen molar-refractivity contribution in [3.05, 3.63) is 39.4 Å². The van der Waals surface area contributed by atoms with E-state index in [1.54, 1.807) is 0 Å². The first-order valence-corrected chi connectivity index (χ1v) is 6.04. The number of rotatable bonds is 5. The van der Waals surface area contributed by atoms with Crippen LogP contribution >= 0.6 is 0 Å². The summed E-state index contributed by atoms with van der Waals surface area (Å²) in [7, 11) is 0. The third kappa shape index (κ3) is 3.45. The molecule has 1 aromatic rings. The average molecular weight is 306 g/mol. The first-order chi connectivity index (χ1) is 10.4. The molecule has 0 bridgehead atoms. The molecule has 0 unspecified atom stereocenters. The van der Waals surface area contributed by atoms with Gasteiger partial charge in [0.1, 0.15) is 5.75 Å². The van der Waals surface area contributed by atoms with Crippen LogP contribution in [0, 0.1) is 10.1 Å². The summed E-state index contributed by atoms with van der Waals surface area (Å²) in [5.41, 5.74) is -0.154. The number of amides is 2. The van der Waals surface area contributed by atoms with Gasteiger partial charge in [-0.1, -0.05) is 0 Å². The van der Waals surface area contributed by atoms with Crippen molar-refractivity contribution >= 4 is 29.5 Å². The molecule has 1 aromatic carbocycles. The van der Waals surface area contributed by atoms with Crippen LogP contribution in [0.1, 0.15) is 12.0 Å². The second-order valence-electron chi connectivity index (χ2n) is 4.38. The summed E-state index contributed by atoms with van der Waals surface area (Å²) < 4.78 is 4.94. The molecule has 1 heterocycles. The van der Waals surface area contributed by atoms with Crippen molar-refractivity contribution in [2.45, 2.75) is 6.42 Å². The molecule has 0 aromatic heterocycles. The zero-order valence-corrected chi connectivity index (χ0v) is 11.1. The Labute approximate surface area is 123 Å². The van der Waals surface area contributed by atoms with Gasteiger partial charge in [-0.05, 0) is 18.2 Å². The zero-order chi connectivity index (χ0) is 16.3. The summed E-state index contributed by atoms with van der Waals surface area (Å²) in [5, 5.41) is 21.6. The number of carboxylic acid groups (broad SMARTS) is 1. The highest BCUT2D eigenvalue weighted by Gasteiger charge is 2.25. The molecule has 0 radical (unpaired) electrons. The quantitative estimate of drug-likeness (QED) is 0.349. The Morgan fingerprint density at radius 2 is 2.18 bits per heavy atom. The second kappa shape index (κ2) is 6.04. The Balaban J connectivity index is 2.38. The van der Waals surface area contributed by atoms with Gasteiger partial charge in [0.05, 0.1) is 16.9 Å². The van der Waals surface area contributed by atoms with Crippen LogP contribution in [-0.2, 0) is 14.4 Å². The van der Waals surface area contributed by atoms with Crippen molar-refractivity contribution in [3.63, 3.8) is 0 Å². The largest absolute Gasteiger partial charge is 0.482 e. The average Bonchev–Trinajstić information content (AvgIpc) is 2.74. The number of benzene rings is 1. The van der Waals surface area contributed by atoms with E-state index in [-0.39, 0.29) is 29.0 Å². The monoisotopic (exact) mass is 306 g/mol. The van der Waals surface area contributed by atoms with Gasteiger partial charge in [-0.3, -0.25) is 25.0 Å². The van der Waals surface area contributed by atoms with Crippen LogP contribution in [-0.4, -0.2) is 34.4 Å². The number of nitrogens with zero attached hydrogens (tertiary/aromatic N) is 1. The molecular formula is C13H10N2O7. The highest BCUT2D eigenvalue weighted by molar-refractivity contribution is 6.15. The van der Waals surface area contributed by atoms with Gasteiger partial charge in [-0.2, -0.15) is 0 Å². The Morgan fingerprint density at radius 3 is 2.73 bits per heavy atom.